The predicted octanol–water partition coefficient (Wildman–Crippen LogP) is 2.60. The number of rotatable bonds is 7. The zero-order valence-corrected chi connectivity index (χ0v) is 17.7. The Morgan fingerprint density at radius 2 is 1.77 bits per heavy atom. The Kier molecular flexibility index (Phi) is 7.43. The Bertz CT molecular complexity index is 861. The van der Waals surface area contributed by atoms with Crippen molar-refractivity contribution >= 4 is 17.5 Å². The van der Waals surface area contributed by atoms with E-state index in [0.717, 1.165) is 30.9 Å². The fraction of sp³-hybridized carbons (Fsp3) is 0.391. The molecule has 1 aliphatic rings. The molecule has 2 amide bonds. The molecule has 0 radical (unpaired) electrons. The van der Waals surface area contributed by atoms with E-state index in [9.17, 15) is 9.59 Å². The van der Waals surface area contributed by atoms with Crippen LogP contribution < -0.4 is 15.4 Å². The van der Waals surface area contributed by atoms with Crippen molar-refractivity contribution in [3.05, 3.63) is 59.7 Å². The molecule has 1 aliphatic heterocycles. The number of benzene rings is 2. The average Bonchev–Trinajstić information content (AvgIpc) is 2.82. The normalized spacial score (nSPS) is 14.4. The molecule has 1 fully saturated rings. The molecule has 0 atom stereocenters. The van der Waals surface area contributed by atoms with Gasteiger partial charge in [-0.05, 0) is 24.2 Å². The first-order valence-electron chi connectivity index (χ1n) is 10.3. The minimum atomic E-state index is -0.101. The fourth-order valence-electron chi connectivity index (χ4n) is 3.57. The van der Waals surface area contributed by atoms with Crippen molar-refractivity contribution in [1.29, 1.82) is 0 Å². The molecule has 3 rings (SSSR count). The number of nitrogens with zero attached hydrogens (tertiary/aromatic N) is 3. The van der Waals surface area contributed by atoms with Crippen LogP contribution in [-0.2, 0) is 6.54 Å². The van der Waals surface area contributed by atoms with Crippen LogP contribution in [0.25, 0.3) is 0 Å². The summed E-state index contributed by atoms with van der Waals surface area (Å²) < 4.78 is 5.36. The highest BCUT2D eigenvalue weighted by molar-refractivity contribution is 5.97. The molecule has 2 aromatic carbocycles. The highest BCUT2D eigenvalue weighted by Crippen LogP contribution is 2.24. The molecule has 0 unspecified atom stereocenters. The van der Waals surface area contributed by atoms with E-state index in [0.29, 0.717) is 30.9 Å². The number of carbonyl (C=O) groups excluding carboxylic acids is 2. The van der Waals surface area contributed by atoms with E-state index in [1.54, 1.807) is 24.1 Å². The third kappa shape index (κ3) is 5.17. The molecule has 0 saturated carbocycles. The molecule has 7 nitrogen and oxygen atoms in total. The lowest BCUT2D eigenvalue weighted by Crippen LogP contribution is -2.52. The Balaban J connectivity index is 1.84. The number of piperazine rings is 1. The van der Waals surface area contributed by atoms with Crippen molar-refractivity contribution in [2.24, 2.45) is 5.73 Å². The van der Waals surface area contributed by atoms with Crippen molar-refractivity contribution in [2.75, 3.05) is 51.3 Å². The van der Waals surface area contributed by atoms with Gasteiger partial charge in [0.05, 0.1) is 20.2 Å². The number of methoxy groups -OCH3 is 1. The van der Waals surface area contributed by atoms with Crippen LogP contribution in [0.2, 0.25) is 0 Å². The number of ether oxygens (including phenoxy) is 1. The maximum Gasteiger partial charge on any atom is 0.324 e. The lowest BCUT2D eigenvalue weighted by molar-refractivity contribution is 0.100. The van der Waals surface area contributed by atoms with E-state index in [2.05, 4.69) is 11.8 Å². The van der Waals surface area contributed by atoms with Crippen molar-refractivity contribution in [1.82, 2.24) is 9.80 Å². The van der Waals surface area contributed by atoms with Crippen LogP contribution in [0.3, 0.4) is 0 Å². The number of hydrogen-bond donors (Lipinski definition) is 1. The molecular formula is C23H30N4O3. The van der Waals surface area contributed by atoms with Crippen molar-refractivity contribution in [3.63, 3.8) is 0 Å². The molecule has 0 aromatic heterocycles. The molecule has 30 heavy (non-hydrogen) atoms. The molecule has 2 aromatic rings. The molecular weight excluding hydrogens is 380 g/mol. The fourth-order valence-corrected chi connectivity index (χ4v) is 3.57. The number of ketones is 1. The molecule has 7 heteroatoms. The van der Waals surface area contributed by atoms with Crippen LogP contribution in [0.4, 0.5) is 10.5 Å². The highest BCUT2D eigenvalue weighted by atomic mass is 16.5. The number of likely N-dealkylation sites (N-methyl/N-ethyl adjacent to an activating group) is 1. The Morgan fingerprint density at radius 3 is 2.37 bits per heavy atom. The third-order valence-corrected chi connectivity index (χ3v) is 5.49. The Morgan fingerprint density at radius 1 is 1.07 bits per heavy atom. The van der Waals surface area contributed by atoms with E-state index < -0.39 is 0 Å². The van der Waals surface area contributed by atoms with Gasteiger partial charge in [-0.2, -0.15) is 0 Å². The average molecular weight is 411 g/mol. The number of urea groups is 1. The van der Waals surface area contributed by atoms with Crippen molar-refractivity contribution in [3.8, 4) is 5.75 Å². The molecule has 1 heterocycles. The molecule has 0 aliphatic carbocycles. The summed E-state index contributed by atoms with van der Waals surface area (Å²) in [5.41, 5.74) is 7.74. The predicted molar refractivity (Wildman–Crippen MR) is 118 cm³/mol. The maximum atomic E-state index is 13.4. The lowest BCUT2D eigenvalue weighted by atomic mass is 10.1. The largest absolute Gasteiger partial charge is 0.497 e. The molecule has 1 saturated heterocycles. The summed E-state index contributed by atoms with van der Waals surface area (Å²) in [5, 5.41) is 0. The zero-order chi connectivity index (χ0) is 21.5. The van der Waals surface area contributed by atoms with Gasteiger partial charge in [0.2, 0.25) is 0 Å². The minimum Gasteiger partial charge on any atom is -0.497 e. The van der Waals surface area contributed by atoms with Crippen LogP contribution in [0.15, 0.2) is 48.5 Å². The SMILES string of the molecule is CCN1CCN(C(=O)N(Cc2ccc(C(=O)CN)cc2)c2cccc(OC)c2)CC1. The van der Waals surface area contributed by atoms with E-state index >= 15 is 0 Å². The zero-order valence-electron chi connectivity index (χ0n) is 17.7. The number of hydrogen-bond acceptors (Lipinski definition) is 5. The number of amides is 2. The summed E-state index contributed by atoms with van der Waals surface area (Å²) in [6, 6.07) is 14.8. The van der Waals surface area contributed by atoms with E-state index in [1.807, 2.05) is 41.3 Å². The number of anilines is 1. The smallest absolute Gasteiger partial charge is 0.324 e. The summed E-state index contributed by atoms with van der Waals surface area (Å²) in [6.45, 7) is 6.69. The number of Topliss-reactive ketones (excluding diaryl/α,β-unsaturated/α-hetero) is 1. The van der Waals surface area contributed by atoms with Gasteiger partial charge in [-0.15, -0.1) is 0 Å². The lowest BCUT2D eigenvalue weighted by Gasteiger charge is -2.37. The van der Waals surface area contributed by atoms with Gasteiger partial charge >= 0.3 is 6.03 Å². The standard InChI is InChI=1S/C23H30N4O3/c1-3-25-11-13-26(14-12-25)23(29)27(20-5-4-6-21(15-20)30-2)17-18-7-9-19(10-8-18)22(28)16-24/h4-10,15H,3,11-14,16-17,24H2,1-2H3. The van der Waals surface area contributed by atoms with Crippen LogP contribution in [0.5, 0.6) is 5.75 Å². The first-order chi connectivity index (χ1) is 14.5. The van der Waals surface area contributed by atoms with E-state index in [4.69, 9.17) is 10.5 Å². The van der Waals surface area contributed by atoms with E-state index in [1.165, 1.54) is 0 Å². The minimum absolute atomic E-state index is 0.0164. The maximum absolute atomic E-state index is 13.4. The number of carbonyl (C=O) groups is 2. The van der Waals surface area contributed by atoms with Gasteiger partial charge in [-0.1, -0.05) is 37.3 Å². The summed E-state index contributed by atoms with van der Waals surface area (Å²) in [6.07, 6.45) is 0. The second-order valence-electron chi connectivity index (χ2n) is 7.32. The van der Waals surface area contributed by atoms with Crippen LogP contribution >= 0.6 is 0 Å². The van der Waals surface area contributed by atoms with Crippen LogP contribution in [-0.4, -0.2) is 68.0 Å². The van der Waals surface area contributed by atoms with Gasteiger partial charge in [-0.25, -0.2) is 4.79 Å². The molecule has 2 N–H and O–H groups in total. The van der Waals surface area contributed by atoms with E-state index in [-0.39, 0.29) is 18.4 Å². The monoisotopic (exact) mass is 410 g/mol. The summed E-state index contributed by atoms with van der Waals surface area (Å²) >= 11 is 0. The topological polar surface area (TPSA) is 79.1 Å². The van der Waals surface area contributed by atoms with Gasteiger partial charge in [0.1, 0.15) is 5.75 Å². The van der Waals surface area contributed by atoms with Gasteiger partial charge in [0, 0.05) is 43.5 Å². The van der Waals surface area contributed by atoms with Gasteiger partial charge in [-0.3, -0.25) is 9.69 Å². The van der Waals surface area contributed by atoms with Gasteiger partial charge in [0.15, 0.2) is 5.78 Å². The summed E-state index contributed by atoms with van der Waals surface area (Å²) in [5.74, 6) is 0.598. The second kappa shape index (κ2) is 10.2. The van der Waals surface area contributed by atoms with Crippen LogP contribution in [0.1, 0.15) is 22.8 Å². The second-order valence-corrected chi connectivity index (χ2v) is 7.32. The molecule has 0 bridgehead atoms. The highest BCUT2D eigenvalue weighted by Gasteiger charge is 2.26. The Hall–Kier alpha value is -2.90. The number of nitrogens with two attached hydrogens (primary N) is 1. The van der Waals surface area contributed by atoms with Crippen molar-refractivity contribution in [2.45, 2.75) is 13.5 Å². The summed E-state index contributed by atoms with van der Waals surface area (Å²) in [4.78, 5) is 31.2. The van der Waals surface area contributed by atoms with Gasteiger partial charge < -0.3 is 20.3 Å². The first kappa shape index (κ1) is 21.8. The quantitative estimate of drug-likeness (QED) is 0.710. The third-order valence-electron chi connectivity index (χ3n) is 5.49. The molecule has 160 valence electrons. The van der Waals surface area contributed by atoms with Crippen molar-refractivity contribution < 1.29 is 14.3 Å². The summed E-state index contributed by atoms with van der Waals surface area (Å²) in [7, 11) is 1.61. The van der Waals surface area contributed by atoms with Gasteiger partial charge in [0.25, 0.3) is 0 Å². The van der Waals surface area contributed by atoms with Crippen LogP contribution in [0, 0.1) is 0 Å². The Labute approximate surface area is 178 Å². The first-order valence-corrected chi connectivity index (χ1v) is 10.3. The molecule has 0 spiro atoms.